The molecule has 2 rings (SSSR count). The van der Waals surface area contributed by atoms with Crippen LogP contribution in [0, 0.1) is 0 Å². The van der Waals surface area contributed by atoms with Gasteiger partial charge in [-0.1, -0.05) is 18.1 Å². The maximum absolute atomic E-state index is 5.86. The number of nitrogens with one attached hydrogen (secondary N) is 1. The Bertz CT molecular complexity index is 192. The van der Waals surface area contributed by atoms with Crippen LogP contribution in [0.15, 0.2) is 11.6 Å². The Morgan fingerprint density at radius 2 is 2.23 bits per heavy atom. The maximum Gasteiger partial charge on any atom is 0.0279 e. The molecule has 2 aliphatic rings. The Morgan fingerprint density at radius 3 is 2.85 bits per heavy atom. The number of hydrogen-bond donors (Lipinski definition) is 2. The van der Waals surface area contributed by atoms with Crippen molar-refractivity contribution in [2.24, 2.45) is 5.73 Å². The highest BCUT2D eigenvalue weighted by Gasteiger charge is 2.19. The van der Waals surface area contributed by atoms with Crippen LogP contribution in [0.1, 0.15) is 38.5 Å². The lowest BCUT2D eigenvalue weighted by molar-refractivity contribution is 0.418. The average molecular weight is 180 g/mol. The fourth-order valence-corrected chi connectivity index (χ4v) is 2.36. The molecule has 13 heavy (non-hydrogen) atoms. The summed E-state index contributed by atoms with van der Waals surface area (Å²) in [5.74, 6) is 0. The van der Waals surface area contributed by atoms with E-state index in [1.54, 1.807) is 5.57 Å². The van der Waals surface area contributed by atoms with Crippen molar-refractivity contribution in [3.8, 4) is 0 Å². The zero-order valence-corrected chi connectivity index (χ0v) is 8.26. The van der Waals surface area contributed by atoms with Crippen LogP contribution in [-0.2, 0) is 0 Å². The number of piperidine rings is 1. The second kappa shape index (κ2) is 4.25. The summed E-state index contributed by atoms with van der Waals surface area (Å²) < 4.78 is 0. The van der Waals surface area contributed by atoms with E-state index in [4.69, 9.17) is 5.73 Å². The molecule has 0 saturated carbocycles. The average Bonchev–Trinajstić information content (AvgIpc) is 2.20. The van der Waals surface area contributed by atoms with Crippen LogP contribution in [0.5, 0.6) is 0 Å². The summed E-state index contributed by atoms with van der Waals surface area (Å²) in [6, 6.07) is 1.11. The third-order valence-corrected chi connectivity index (χ3v) is 3.24. The van der Waals surface area contributed by atoms with E-state index in [0.29, 0.717) is 12.1 Å². The molecule has 1 heterocycles. The van der Waals surface area contributed by atoms with Crippen molar-refractivity contribution in [2.45, 2.75) is 50.6 Å². The molecule has 1 aliphatic carbocycles. The third-order valence-electron chi connectivity index (χ3n) is 3.24. The molecule has 2 unspecified atom stereocenters. The van der Waals surface area contributed by atoms with Crippen molar-refractivity contribution >= 4 is 0 Å². The van der Waals surface area contributed by atoms with Crippen LogP contribution >= 0.6 is 0 Å². The van der Waals surface area contributed by atoms with E-state index in [1.165, 1.54) is 38.6 Å². The van der Waals surface area contributed by atoms with E-state index < -0.39 is 0 Å². The first kappa shape index (κ1) is 9.22. The lowest BCUT2D eigenvalue weighted by atomic mass is 9.88. The largest absolute Gasteiger partial charge is 0.327 e. The highest BCUT2D eigenvalue weighted by atomic mass is 14.9. The molecule has 1 fully saturated rings. The van der Waals surface area contributed by atoms with Crippen molar-refractivity contribution in [1.29, 1.82) is 0 Å². The summed E-state index contributed by atoms with van der Waals surface area (Å²) in [4.78, 5) is 0. The predicted octanol–water partition coefficient (Wildman–Crippen LogP) is 1.57. The summed E-state index contributed by atoms with van der Waals surface area (Å²) >= 11 is 0. The van der Waals surface area contributed by atoms with Gasteiger partial charge in [-0.05, 0) is 38.6 Å². The molecule has 0 bridgehead atoms. The fourth-order valence-electron chi connectivity index (χ4n) is 2.36. The molecule has 0 aromatic carbocycles. The van der Waals surface area contributed by atoms with Gasteiger partial charge in [0.2, 0.25) is 0 Å². The Balaban J connectivity index is 1.92. The van der Waals surface area contributed by atoms with Gasteiger partial charge >= 0.3 is 0 Å². The van der Waals surface area contributed by atoms with Crippen molar-refractivity contribution in [2.75, 3.05) is 6.54 Å². The molecule has 3 N–H and O–H groups in total. The third kappa shape index (κ3) is 2.32. The minimum Gasteiger partial charge on any atom is -0.327 e. The van der Waals surface area contributed by atoms with Gasteiger partial charge in [0.15, 0.2) is 0 Å². The van der Waals surface area contributed by atoms with E-state index in [1.807, 2.05) is 0 Å². The number of rotatable bonds is 1. The summed E-state index contributed by atoms with van der Waals surface area (Å²) in [5, 5.41) is 3.59. The molecule has 74 valence electrons. The van der Waals surface area contributed by atoms with Gasteiger partial charge in [-0.15, -0.1) is 0 Å². The summed E-state index contributed by atoms with van der Waals surface area (Å²) in [6.07, 6.45) is 9.94. The van der Waals surface area contributed by atoms with Gasteiger partial charge in [0.05, 0.1) is 0 Å². The standard InChI is InChI=1S/C11H20N2/c12-10-6-4-9(5-7-10)11-3-1-2-8-13-11/h4,10-11,13H,1-3,5-8,12H2. The van der Waals surface area contributed by atoms with Gasteiger partial charge in [-0.2, -0.15) is 0 Å². The van der Waals surface area contributed by atoms with Gasteiger partial charge in [0.25, 0.3) is 0 Å². The van der Waals surface area contributed by atoms with Crippen LogP contribution in [0.3, 0.4) is 0 Å². The van der Waals surface area contributed by atoms with Crippen LogP contribution in [0.25, 0.3) is 0 Å². The lowest BCUT2D eigenvalue weighted by Gasteiger charge is -2.29. The van der Waals surface area contributed by atoms with Crippen molar-refractivity contribution in [1.82, 2.24) is 5.32 Å². The van der Waals surface area contributed by atoms with Crippen LogP contribution in [-0.4, -0.2) is 18.6 Å². The minimum absolute atomic E-state index is 0.423. The minimum atomic E-state index is 0.423. The van der Waals surface area contributed by atoms with E-state index in [9.17, 15) is 0 Å². The summed E-state index contributed by atoms with van der Waals surface area (Å²) in [5.41, 5.74) is 7.49. The van der Waals surface area contributed by atoms with Gasteiger partial charge in [-0.3, -0.25) is 0 Å². The molecule has 0 aromatic rings. The molecule has 2 nitrogen and oxygen atoms in total. The van der Waals surface area contributed by atoms with Crippen LogP contribution in [0.2, 0.25) is 0 Å². The Hall–Kier alpha value is -0.340. The molecule has 0 amide bonds. The summed E-state index contributed by atoms with van der Waals surface area (Å²) in [7, 11) is 0. The van der Waals surface area contributed by atoms with E-state index in [-0.39, 0.29) is 0 Å². The van der Waals surface area contributed by atoms with Gasteiger partial charge in [-0.25, -0.2) is 0 Å². The normalized spacial score (nSPS) is 35.6. The molecule has 2 atom stereocenters. The first-order valence-corrected chi connectivity index (χ1v) is 5.54. The Labute approximate surface area is 80.6 Å². The number of hydrogen-bond acceptors (Lipinski definition) is 2. The Morgan fingerprint density at radius 1 is 1.31 bits per heavy atom. The molecule has 0 aromatic heterocycles. The van der Waals surface area contributed by atoms with E-state index in [2.05, 4.69) is 11.4 Å². The summed E-state index contributed by atoms with van der Waals surface area (Å²) in [6.45, 7) is 1.20. The molecular formula is C11H20N2. The first-order valence-electron chi connectivity index (χ1n) is 5.54. The highest BCUT2D eigenvalue weighted by molar-refractivity contribution is 5.15. The second-order valence-corrected chi connectivity index (χ2v) is 4.32. The molecular weight excluding hydrogens is 160 g/mol. The van der Waals surface area contributed by atoms with Crippen molar-refractivity contribution in [3.05, 3.63) is 11.6 Å². The SMILES string of the molecule is NC1CC=C(C2CCCCN2)CC1. The topological polar surface area (TPSA) is 38.0 Å². The zero-order chi connectivity index (χ0) is 9.10. The van der Waals surface area contributed by atoms with Crippen LogP contribution < -0.4 is 11.1 Å². The first-order chi connectivity index (χ1) is 6.36. The van der Waals surface area contributed by atoms with Crippen molar-refractivity contribution < 1.29 is 0 Å². The van der Waals surface area contributed by atoms with Crippen molar-refractivity contribution in [3.63, 3.8) is 0 Å². The maximum atomic E-state index is 5.86. The molecule has 2 heteroatoms. The monoisotopic (exact) mass is 180 g/mol. The lowest BCUT2D eigenvalue weighted by Crippen LogP contribution is -2.37. The van der Waals surface area contributed by atoms with Gasteiger partial charge in [0.1, 0.15) is 0 Å². The quantitative estimate of drug-likeness (QED) is 0.601. The molecule has 0 spiro atoms. The van der Waals surface area contributed by atoms with Gasteiger partial charge < -0.3 is 11.1 Å². The fraction of sp³-hybridized carbons (Fsp3) is 0.818. The Kier molecular flexibility index (Phi) is 3.01. The molecule has 1 saturated heterocycles. The number of nitrogens with two attached hydrogens (primary N) is 1. The van der Waals surface area contributed by atoms with E-state index >= 15 is 0 Å². The second-order valence-electron chi connectivity index (χ2n) is 4.32. The smallest absolute Gasteiger partial charge is 0.0279 e. The van der Waals surface area contributed by atoms with E-state index in [0.717, 1.165) is 6.42 Å². The zero-order valence-electron chi connectivity index (χ0n) is 8.26. The van der Waals surface area contributed by atoms with Crippen LogP contribution in [0.4, 0.5) is 0 Å². The van der Waals surface area contributed by atoms with Gasteiger partial charge in [0, 0.05) is 12.1 Å². The highest BCUT2D eigenvalue weighted by Crippen LogP contribution is 2.24. The molecule has 1 aliphatic heterocycles. The molecule has 0 radical (unpaired) electrons. The predicted molar refractivity (Wildman–Crippen MR) is 55.6 cm³/mol.